The van der Waals surface area contributed by atoms with E-state index in [-0.39, 0.29) is 6.03 Å². The first-order valence-corrected chi connectivity index (χ1v) is 12.3. The molecule has 1 aliphatic rings. The van der Waals surface area contributed by atoms with E-state index in [0.29, 0.717) is 17.5 Å². The number of carbonyl (C=O) groups is 1. The Bertz CT molecular complexity index is 1470. The van der Waals surface area contributed by atoms with Gasteiger partial charge in [-0.3, -0.25) is 4.90 Å². The summed E-state index contributed by atoms with van der Waals surface area (Å²) < 4.78 is 11.3. The molecule has 0 fully saturated rings. The van der Waals surface area contributed by atoms with Gasteiger partial charge in [0.15, 0.2) is 0 Å². The molecule has 1 unspecified atom stereocenters. The third-order valence-corrected chi connectivity index (χ3v) is 6.65. The van der Waals surface area contributed by atoms with Gasteiger partial charge < -0.3 is 14.6 Å². The number of allylic oxidation sites excluding steroid dienone is 1. The maximum atomic E-state index is 13.5. The lowest BCUT2D eigenvalue weighted by atomic mass is 9.94. The quantitative estimate of drug-likeness (QED) is 0.326. The smallest absolute Gasteiger partial charge is 0.326 e. The molecule has 1 atom stereocenters. The third-order valence-electron chi connectivity index (χ3n) is 6.65. The molecule has 2 amide bonds. The Balaban J connectivity index is 1.65. The zero-order valence-corrected chi connectivity index (χ0v) is 21.7. The molecular weight excluding hydrogens is 464 g/mol. The van der Waals surface area contributed by atoms with E-state index in [2.05, 4.69) is 35.6 Å². The van der Waals surface area contributed by atoms with Crippen molar-refractivity contribution in [3.63, 3.8) is 0 Å². The number of methoxy groups -OCH3 is 1. The number of hydrogen-bond acceptors (Lipinski definition) is 5. The number of hydrogen-bond donors (Lipinski definition) is 1. The van der Waals surface area contributed by atoms with E-state index < -0.39 is 6.04 Å². The molecule has 0 saturated carbocycles. The highest BCUT2D eigenvalue weighted by atomic mass is 16.5. The first-order chi connectivity index (χ1) is 17.9. The Morgan fingerprint density at radius 2 is 1.73 bits per heavy atom. The molecule has 0 saturated heterocycles. The monoisotopic (exact) mass is 494 g/mol. The van der Waals surface area contributed by atoms with Crippen LogP contribution in [-0.4, -0.2) is 23.3 Å². The zero-order chi connectivity index (χ0) is 26.1. The summed E-state index contributed by atoms with van der Waals surface area (Å²) in [6.45, 7) is 8.07. The summed E-state index contributed by atoms with van der Waals surface area (Å²) in [5.41, 5.74) is 7.34. The Morgan fingerprint density at radius 3 is 2.41 bits per heavy atom. The summed E-state index contributed by atoms with van der Waals surface area (Å²) in [6.07, 6.45) is 0.958. The van der Waals surface area contributed by atoms with Gasteiger partial charge in [-0.25, -0.2) is 4.79 Å². The van der Waals surface area contributed by atoms with Crippen LogP contribution in [0.3, 0.4) is 0 Å². The number of ether oxygens (including phenoxy) is 1. The molecular formula is C30H30N4O3. The van der Waals surface area contributed by atoms with Gasteiger partial charge in [0.1, 0.15) is 5.75 Å². The minimum atomic E-state index is -0.500. The Kier molecular flexibility index (Phi) is 6.53. The Morgan fingerprint density at radius 1 is 1.00 bits per heavy atom. The van der Waals surface area contributed by atoms with Crippen LogP contribution in [0.5, 0.6) is 5.75 Å². The van der Waals surface area contributed by atoms with Crippen LogP contribution in [0.1, 0.15) is 48.0 Å². The SMILES string of the molecule is CCc1ccc(-c2noc(C3=C(C)N(c4cc(C)cc(C)c4)C(=O)NC3c3cccc(OC)c3)n2)cc1. The van der Waals surface area contributed by atoms with E-state index in [9.17, 15) is 4.79 Å². The van der Waals surface area contributed by atoms with Gasteiger partial charge in [0, 0.05) is 11.3 Å². The number of anilines is 1. The fraction of sp³-hybridized carbons (Fsp3) is 0.233. The van der Waals surface area contributed by atoms with Gasteiger partial charge in [0.25, 0.3) is 5.89 Å². The van der Waals surface area contributed by atoms with E-state index in [1.54, 1.807) is 12.0 Å². The zero-order valence-electron chi connectivity index (χ0n) is 21.7. The van der Waals surface area contributed by atoms with Crippen LogP contribution >= 0.6 is 0 Å². The predicted octanol–water partition coefficient (Wildman–Crippen LogP) is 6.63. The number of aryl methyl sites for hydroxylation is 3. The summed E-state index contributed by atoms with van der Waals surface area (Å²) in [5.74, 6) is 1.55. The number of aromatic nitrogens is 2. The summed E-state index contributed by atoms with van der Waals surface area (Å²) in [5, 5.41) is 7.44. The first kappa shape index (κ1) is 24.3. The molecule has 0 radical (unpaired) electrons. The number of nitrogens with zero attached hydrogens (tertiary/aromatic N) is 3. The molecule has 1 aliphatic heterocycles. The Labute approximate surface area is 216 Å². The normalized spacial score (nSPS) is 15.6. The lowest BCUT2D eigenvalue weighted by molar-refractivity contribution is 0.244. The highest BCUT2D eigenvalue weighted by Gasteiger charge is 2.36. The second-order valence-electron chi connectivity index (χ2n) is 9.31. The van der Waals surface area contributed by atoms with Crippen LogP contribution in [0.25, 0.3) is 17.0 Å². The molecule has 4 aromatic rings. The van der Waals surface area contributed by atoms with Crippen molar-refractivity contribution in [2.24, 2.45) is 0 Å². The number of amides is 2. The van der Waals surface area contributed by atoms with Crippen molar-refractivity contribution in [1.29, 1.82) is 0 Å². The fourth-order valence-corrected chi connectivity index (χ4v) is 4.82. The average molecular weight is 495 g/mol. The van der Waals surface area contributed by atoms with Crippen LogP contribution in [0.15, 0.2) is 77.0 Å². The summed E-state index contributed by atoms with van der Waals surface area (Å²) >= 11 is 0. The van der Waals surface area contributed by atoms with Crippen molar-refractivity contribution in [1.82, 2.24) is 15.5 Å². The lowest BCUT2D eigenvalue weighted by Crippen LogP contribution is -2.46. The van der Waals surface area contributed by atoms with Gasteiger partial charge in [0.05, 0.1) is 24.4 Å². The molecule has 1 N–H and O–H groups in total. The Hall–Kier alpha value is -4.39. The lowest BCUT2D eigenvalue weighted by Gasteiger charge is -2.35. The molecule has 188 valence electrons. The van der Waals surface area contributed by atoms with Gasteiger partial charge in [-0.1, -0.05) is 54.5 Å². The minimum Gasteiger partial charge on any atom is -0.497 e. The predicted molar refractivity (Wildman–Crippen MR) is 144 cm³/mol. The second-order valence-corrected chi connectivity index (χ2v) is 9.31. The van der Waals surface area contributed by atoms with Gasteiger partial charge >= 0.3 is 6.03 Å². The molecule has 0 spiro atoms. The molecule has 37 heavy (non-hydrogen) atoms. The van der Waals surface area contributed by atoms with Crippen LogP contribution in [0.2, 0.25) is 0 Å². The molecule has 0 bridgehead atoms. The van der Waals surface area contributed by atoms with Gasteiger partial charge in [-0.15, -0.1) is 0 Å². The summed E-state index contributed by atoms with van der Waals surface area (Å²) in [7, 11) is 1.62. The van der Waals surface area contributed by atoms with Crippen molar-refractivity contribution in [3.8, 4) is 17.1 Å². The number of urea groups is 1. The van der Waals surface area contributed by atoms with Crippen molar-refractivity contribution >= 4 is 17.3 Å². The van der Waals surface area contributed by atoms with E-state index in [1.807, 2.05) is 69.3 Å². The van der Waals surface area contributed by atoms with E-state index in [4.69, 9.17) is 14.2 Å². The van der Waals surface area contributed by atoms with Crippen LogP contribution in [0, 0.1) is 13.8 Å². The minimum absolute atomic E-state index is 0.228. The molecule has 5 rings (SSSR count). The van der Waals surface area contributed by atoms with Crippen molar-refractivity contribution in [2.75, 3.05) is 12.0 Å². The van der Waals surface area contributed by atoms with Crippen molar-refractivity contribution < 1.29 is 14.1 Å². The number of benzene rings is 3. The molecule has 0 aliphatic carbocycles. The van der Waals surface area contributed by atoms with E-state index in [1.165, 1.54) is 5.56 Å². The largest absolute Gasteiger partial charge is 0.497 e. The van der Waals surface area contributed by atoms with Crippen LogP contribution in [0.4, 0.5) is 10.5 Å². The van der Waals surface area contributed by atoms with E-state index in [0.717, 1.165) is 45.6 Å². The summed E-state index contributed by atoms with van der Waals surface area (Å²) in [6, 6.07) is 21.1. The number of nitrogens with one attached hydrogen (secondary N) is 1. The van der Waals surface area contributed by atoms with Crippen molar-refractivity contribution in [2.45, 2.75) is 40.2 Å². The first-order valence-electron chi connectivity index (χ1n) is 12.3. The average Bonchev–Trinajstić information content (AvgIpc) is 3.37. The molecule has 2 heterocycles. The molecule has 1 aromatic heterocycles. The van der Waals surface area contributed by atoms with Gasteiger partial charge in [-0.2, -0.15) is 4.98 Å². The standard InChI is InChI=1S/C30H30N4O3/c1-6-21-10-12-22(13-11-21)28-32-29(37-33-28)26-20(4)34(24-15-18(2)14-19(3)16-24)30(35)31-27(26)23-8-7-9-25(17-23)36-5/h7-17,27H,6H2,1-5H3,(H,31,35). The fourth-order valence-electron chi connectivity index (χ4n) is 4.82. The number of carbonyl (C=O) groups excluding carboxylic acids is 1. The van der Waals surface area contributed by atoms with Crippen LogP contribution in [-0.2, 0) is 6.42 Å². The maximum absolute atomic E-state index is 13.5. The summed E-state index contributed by atoms with van der Waals surface area (Å²) in [4.78, 5) is 20.0. The highest BCUT2D eigenvalue weighted by Crippen LogP contribution is 2.40. The van der Waals surface area contributed by atoms with E-state index >= 15 is 0 Å². The van der Waals surface area contributed by atoms with Gasteiger partial charge in [0.2, 0.25) is 5.82 Å². The molecule has 7 heteroatoms. The highest BCUT2D eigenvalue weighted by molar-refractivity contribution is 6.01. The third kappa shape index (κ3) is 4.72. The maximum Gasteiger partial charge on any atom is 0.326 e. The van der Waals surface area contributed by atoms with Crippen molar-refractivity contribution in [3.05, 3.63) is 101 Å². The molecule has 7 nitrogen and oxygen atoms in total. The molecule has 3 aromatic carbocycles. The van der Waals surface area contributed by atoms with Crippen LogP contribution < -0.4 is 15.0 Å². The second kappa shape index (κ2) is 9.93. The van der Waals surface area contributed by atoms with Gasteiger partial charge in [-0.05, 0) is 73.7 Å². The number of rotatable bonds is 6. The topological polar surface area (TPSA) is 80.5 Å².